The zero-order chi connectivity index (χ0) is 18.6. The predicted molar refractivity (Wildman–Crippen MR) is 101 cm³/mol. The number of carbonyl (C=O) groups is 1. The maximum absolute atomic E-state index is 14.7. The van der Waals surface area contributed by atoms with Gasteiger partial charge in [-0.05, 0) is 60.9 Å². The van der Waals surface area contributed by atoms with Crippen LogP contribution in [0.25, 0.3) is 5.65 Å². The molecule has 0 saturated carbocycles. The van der Waals surface area contributed by atoms with Gasteiger partial charge in [-0.1, -0.05) is 0 Å². The Bertz CT molecular complexity index is 1030. The third kappa shape index (κ3) is 2.60. The maximum atomic E-state index is 14.7. The smallest absolute Gasteiger partial charge is 0.277 e. The second-order valence-electron chi connectivity index (χ2n) is 7.34. The highest BCUT2D eigenvalue weighted by Crippen LogP contribution is 2.44. The minimum atomic E-state index is -0.593. The molecule has 1 amide bonds. The van der Waals surface area contributed by atoms with Crippen LogP contribution in [0.3, 0.4) is 0 Å². The molecule has 0 radical (unpaired) electrons. The number of ether oxygens (including phenoxy) is 1. The number of hydrogen-bond donors (Lipinski definition) is 0. The lowest BCUT2D eigenvalue weighted by atomic mass is 9.85. The van der Waals surface area contributed by atoms with Crippen molar-refractivity contribution in [2.75, 3.05) is 19.7 Å². The number of aromatic nitrogens is 2. The van der Waals surface area contributed by atoms with Crippen LogP contribution in [0.2, 0.25) is 0 Å². The van der Waals surface area contributed by atoms with E-state index in [1.165, 1.54) is 14.8 Å². The lowest BCUT2D eigenvalue weighted by Crippen LogP contribution is -2.48. The van der Waals surface area contributed by atoms with E-state index in [1.54, 1.807) is 34.6 Å². The monoisotopic (exact) mass is 385 g/mol. The van der Waals surface area contributed by atoms with E-state index in [2.05, 4.69) is 16.4 Å². The summed E-state index contributed by atoms with van der Waals surface area (Å²) in [6.07, 6.45) is 4.04. The molecule has 27 heavy (non-hydrogen) atoms. The van der Waals surface area contributed by atoms with Gasteiger partial charge in [0.25, 0.3) is 5.91 Å². The minimum Gasteiger partial charge on any atom is -0.369 e. The van der Waals surface area contributed by atoms with Crippen molar-refractivity contribution in [1.82, 2.24) is 14.3 Å². The Hall–Kier alpha value is -2.25. The highest BCUT2D eigenvalue weighted by atomic mass is 32.1. The molecule has 0 aromatic carbocycles. The molecule has 5 rings (SSSR count). The molecule has 1 saturated heterocycles. The van der Waals surface area contributed by atoms with Gasteiger partial charge in [-0.25, -0.2) is 4.98 Å². The van der Waals surface area contributed by atoms with Crippen molar-refractivity contribution in [2.45, 2.75) is 31.8 Å². The van der Waals surface area contributed by atoms with Crippen LogP contribution in [0.5, 0.6) is 0 Å². The molecule has 3 aromatic rings. The molecule has 0 aliphatic carbocycles. The number of amides is 1. The number of imidazole rings is 1. The molecule has 0 atom stereocenters. The molecule has 1 fully saturated rings. The number of nitrogens with zero attached hydrogens (tertiary/aromatic N) is 3. The van der Waals surface area contributed by atoms with Crippen molar-refractivity contribution in [3.63, 3.8) is 0 Å². The average Bonchev–Trinajstić information content (AvgIpc) is 3.28. The summed E-state index contributed by atoms with van der Waals surface area (Å²) in [5.74, 6) is -0.935. The van der Waals surface area contributed by atoms with Crippen LogP contribution in [0.4, 0.5) is 4.39 Å². The van der Waals surface area contributed by atoms with Gasteiger partial charge in [-0.3, -0.25) is 9.20 Å². The molecule has 2 aliphatic heterocycles. The fourth-order valence-corrected chi connectivity index (χ4v) is 5.37. The van der Waals surface area contributed by atoms with Gasteiger partial charge in [0.2, 0.25) is 5.95 Å². The van der Waals surface area contributed by atoms with E-state index in [1.807, 2.05) is 6.92 Å². The van der Waals surface area contributed by atoms with E-state index in [4.69, 9.17) is 4.74 Å². The number of likely N-dealkylation sites (tertiary alicyclic amines) is 1. The number of pyridine rings is 1. The summed E-state index contributed by atoms with van der Waals surface area (Å²) in [6.45, 7) is 3.73. The number of aryl methyl sites for hydroxylation is 1. The summed E-state index contributed by atoms with van der Waals surface area (Å²) in [6, 6.07) is 5.75. The topological polar surface area (TPSA) is 46.8 Å². The van der Waals surface area contributed by atoms with Gasteiger partial charge in [0.15, 0.2) is 5.69 Å². The number of halogens is 1. The Balaban J connectivity index is 1.39. The van der Waals surface area contributed by atoms with Crippen LogP contribution in [0.15, 0.2) is 29.8 Å². The van der Waals surface area contributed by atoms with E-state index in [9.17, 15) is 9.18 Å². The minimum absolute atomic E-state index is 0.0991. The molecule has 7 heteroatoms. The van der Waals surface area contributed by atoms with E-state index < -0.39 is 5.95 Å². The highest BCUT2D eigenvalue weighted by molar-refractivity contribution is 7.10. The summed E-state index contributed by atoms with van der Waals surface area (Å²) in [4.78, 5) is 20.2. The first kappa shape index (κ1) is 16.9. The van der Waals surface area contributed by atoms with E-state index in [-0.39, 0.29) is 17.2 Å². The Morgan fingerprint density at radius 2 is 2.15 bits per heavy atom. The van der Waals surface area contributed by atoms with Crippen molar-refractivity contribution >= 4 is 22.9 Å². The first-order valence-corrected chi connectivity index (χ1v) is 10.1. The Morgan fingerprint density at radius 3 is 2.96 bits per heavy atom. The molecular formula is C20H20FN3O2S. The summed E-state index contributed by atoms with van der Waals surface area (Å²) >= 11 is 1.74. The molecular weight excluding hydrogens is 365 g/mol. The fraction of sp³-hybridized carbons (Fsp3) is 0.400. The molecule has 0 bridgehead atoms. The van der Waals surface area contributed by atoms with Crippen LogP contribution in [0, 0.1) is 12.9 Å². The summed E-state index contributed by atoms with van der Waals surface area (Å²) < 4.78 is 22.2. The fourth-order valence-electron chi connectivity index (χ4n) is 4.20. The predicted octanol–water partition coefficient (Wildman–Crippen LogP) is 3.55. The average molecular weight is 385 g/mol. The quantitative estimate of drug-likeness (QED) is 0.644. The van der Waals surface area contributed by atoms with E-state index in [0.717, 1.165) is 31.4 Å². The zero-order valence-corrected chi connectivity index (χ0v) is 15.9. The van der Waals surface area contributed by atoms with Gasteiger partial charge in [-0.15, -0.1) is 11.3 Å². The maximum Gasteiger partial charge on any atom is 0.277 e. The number of rotatable bonds is 1. The van der Waals surface area contributed by atoms with Gasteiger partial charge in [-0.2, -0.15) is 4.39 Å². The molecule has 140 valence electrons. The van der Waals surface area contributed by atoms with Crippen LogP contribution in [0.1, 0.15) is 39.3 Å². The molecule has 5 nitrogen and oxygen atoms in total. The number of hydrogen-bond acceptors (Lipinski definition) is 4. The number of carbonyl (C=O) groups excluding carboxylic acids is 1. The summed E-state index contributed by atoms with van der Waals surface area (Å²) in [5, 5.41) is 2.12. The van der Waals surface area contributed by atoms with Crippen molar-refractivity contribution < 1.29 is 13.9 Å². The van der Waals surface area contributed by atoms with Crippen LogP contribution in [-0.2, 0) is 16.8 Å². The van der Waals surface area contributed by atoms with E-state index in [0.29, 0.717) is 18.7 Å². The third-order valence-corrected chi connectivity index (χ3v) is 6.84. The first-order valence-electron chi connectivity index (χ1n) is 9.22. The summed E-state index contributed by atoms with van der Waals surface area (Å²) in [7, 11) is 0. The molecule has 5 heterocycles. The largest absolute Gasteiger partial charge is 0.369 e. The second kappa shape index (κ2) is 6.14. The number of fused-ring (bicyclic) bond motifs is 3. The normalized spacial score (nSPS) is 18.8. The van der Waals surface area contributed by atoms with E-state index >= 15 is 0 Å². The van der Waals surface area contributed by atoms with Gasteiger partial charge in [0, 0.05) is 24.2 Å². The van der Waals surface area contributed by atoms with Gasteiger partial charge in [0.1, 0.15) is 11.2 Å². The molecule has 2 aliphatic rings. The highest BCUT2D eigenvalue weighted by Gasteiger charge is 2.43. The molecule has 0 unspecified atom stereocenters. The standard InChI is InChI=1S/C20H20FN3O2S/c1-13-2-7-24-15(12-13)22-16(18(24)21)19(25)23-8-5-20(6-9-23)17-14(3-10-26-20)4-11-27-17/h2,4,7,11-12H,3,5-6,8-10H2,1H3. The molecule has 1 spiro atoms. The molecule has 3 aromatic heterocycles. The van der Waals surface area contributed by atoms with Crippen LogP contribution < -0.4 is 0 Å². The van der Waals surface area contributed by atoms with Crippen LogP contribution >= 0.6 is 11.3 Å². The van der Waals surface area contributed by atoms with Crippen LogP contribution in [-0.4, -0.2) is 39.9 Å². The Morgan fingerprint density at radius 1 is 1.33 bits per heavy atom. The first-order chi connectivity index (χ1) is 13.1. The van der Waals surface area contributed by atoms with Gasteiger partial charge in [0.05, 0.1) is 6.61 Å². The third-order valence-electron chi connectivity index (χ3n) is 5.69. The Kier molecular flexibility index (Phi) is 3.84. The van der Waals surface area contributed by atoms with Crippen molar-refractivity contribution in [2.24, 2.45) is 0 Å². The second-order valence-corrected chi connectivity index (χ2v) is 8.26. The van der Waals surface area contributed by atoms with Gasteiger partial charge >= 0.3 is 0 Å². The SMILES string of the molecule is Cc1ccn2c(F)c(C(=O)N3CCC4(CC3)OCCc3ccsc34)nc2c1. The lowest BCUT2D eigenvalue weighted by molar-refractivity contribution is -0.0906. The van der Waals surface area contributed by atoms with Crippen molar-refractivity contribution in [3.8, 4) is 0 Å². The number of thiophene rings is 1. The zero-order valence-electron chi connectivity index (χ0n) is 15.1. The van der Waals surface area contributed by atoms with Gasteiger partial charge < -0.3 is 9.64 Å². The number of piperidine rings is 1. The molecule has 0 N–H and O–H groups in total. The summed E-state index contributed by atoms with van der Waals surface area (Å²) in [5.41, 5.74) is 2.43. The van der Waals surface area contributed by atoms with Crippen molar-refractivity contribution in [1.29, 1.82) is 0 Å². The van der Waals surface area contributed by atoms with Crippen molar-refractivity contribution in [3.05, 3.63) is 57.4 Å². The lowest BCUT2D eigenvalue weighted by Gasteiger charge is -2.43. The Labute approximate surface area is 160 Å².